The highest BCUT2D eigenvalue weighted by Gasteiger charge is 2.48. The third-order valence-electron chi connectivity index (χ3n) is 6.14. The van der Waals surface area contributed by atoms with Crippen LogP contribution >= 0.6 is 11.6 Å². The fourth-order valence-corrected chi connectivity index (χ4v) is 4.66. The second-order valence-corrected chi connectivity index (χ2v) is 8.76. The fraction of sp³-hybridized carbons (Fsp3) is 0.148. The lowest BCUT2D eigenvalue weighted by Crippen LogP contribution is -2.30. The summed E-state index contributed by atoms with van der Waals surface area (Å²) in [6.07, 6.45) is 0. The molecule has 2 N–H and O–H groups in total. The van der Waals surface area contributed by atoms with E-state index in [9.17, 15) is 14.7 Å². The molecule has 8 nitrogen and oxygen atoms in total. The van der Waals surface area contributed by atoms with Crippen LogP contribution in [0.5, 0.6) is 11.5 Å². The van der Waals surface area contributed by atoms with Gasteiger partial charge in [-0.15, -0.1) is 0 Å². The third-order valence-corrected chi connectivity index (χ3v) is 6.44. The zero-order valence-electron chi connectivity index (χ0n) is 19.7. The lowest BCUT2D eigenvalue weighted by atomic mass is 9.95. The molecule has 0 saturated carbocycles. The molecule has 0 aliphatic carbocycles. The molecule has 0 spiro atoms. The number of rotatable bonds is 5. The van der Waals surface area contributed by atoms with Gasteiger partial charge < -0.3 is 19.6 Å². The van der Waals surface area contributed by atoms with Crippen LogP contribution in [0.25, 0.3) is 16.8 Å². The summed E-state index contributed by atoms with van der Waals surface area (Å²) in [5.74, 6) is -1.33. The number of aliphatic hydroxyl groups excluding tert-OH is 1. The summed E-state index contributed by atoms with van der Waals surface area (Å²) >= 11 is 6.32. The molecule has 1 aliphatic heterocycles. The molecule has 3 aromatic carbocycles. The molecule has 0 radical (unpaired) electrons. The summed E-state index contributed by atoms with van der Waals surface area (Å²) < 4.78 is 10.7. The van der Waals surface area contributed by atoms with E-state index in [2.05, 4.69) is 9.97 Å². The van der Waals surface area contributed by atoms with Crippen molar-refractivity contribution in [3.05, 3.63) is 87.9 Å². The Hall–Kier alpha value is -4.30. The summed E-state index contributed by atoms with van der Waals surface area (Å²) in [5.41, 5.74) is 3.05. The summed E-state index contributed by atoms with van der Waals surface area (Å²) in [7, 11) is 2.87. The zero-order chi connectivity index (χ0) is 25.6. The first kappa shape index (κ1) is 23.4. The Morgan fingerprint density at radius 1 is 1.03 bits per heavy atom. The summed E-state index contributed by atoms with van der Waals surface area (Å²) in [6, 6.07) is 16.6. The number of aryl methyl sites for hydroxylation is 1. The number of fused-ring (bicyclic) bond motifs is 1. The Morgan fingerprint density at radius 3 is 2.44 bits per heavy atom. The zero-order valence-corrected chi connectivity index (χ0v) is 20.5. The number of aliphatic hydroxyl groups is 1. The van der Waals surface area contributed by atoms with Crippen LogP contribution < -0.4 is 14.4 Å². The maximum absolute atomic E-state index is 13.4. The van der Waals surface area contributed by atoms with E-state index in [1.807, 2.05) is 31.2 Å². The predicted octanol–water partition coefficient (Wildman–Crippen LogP) is 5.17. The molecule has 1 amide bonds. The van der Waals surface area contributed by atoms with Gasteiger partial charge in [0.2, 0.25) is 5.95 Å². The quantitative estimate of drug-likeness (QED) is 0.221. The maximum Gasteiger partial charge on any atom is 0.302 e. The van der Waals surface area contributed by atoms with Crippen molar-refractivity contribution < 1.29 is 24.2 Å². The number of imidazole rings is 1. The standard InChI is InChI=1S/C27H22ClN3O5/c1-14-9-10-18-19(11-14)30-27(29-18)31-23(15-7-5-4-6-8-15)22(25(33)26(31)34)24(32)16-12-17(28)21(36-3)13-20(16)35-2/h4-13,23,32H,1-3H3,(H,29,30)/b24-22+. The first-order valence-electron chi connectivity index (χ1n) is 11.1. The van der Waals surface area contributed by atoms with E-state index in [0.29, 0.717) is 16.8 Å². The minimum atomic E-state index is -0.946. The van der Waals surface area contributed by atoms with Gasteiger partial charge in [-0.1, -0.05) is 48.0 Å². The first-order valence-corrected chi connectivity index (χ1v) is 11.5. The van der Waals surface area contributed by atoms with Gasteiger partial charge in [-0.3, -0.25) is 14.5 Å². The second kappa shape index (κ2) is 9.05. The molecular formula is C27H22ClN3O5. The topological polar surface area (TPSA) is 105 Å². The number of ketones is 1. The Bertz CT molecular complexity index is 1540. The van der Waals surface area contributed by atoms with Crippen LogP contribution in [0.3, 0.4) is 0 Å². The van der Waals surface area contributed by atoms with Gasteiger partial charge in [0, 0.05) is 6.07 Å². The number of nitrogens with zero attached hydrogens (tertiary/aromatic N) is 2. The van der Waals surface area contributed by atoms with Crippen LogP contribution in [0.4, 0.5) is 5.95 Å². The summed E-state index contributed by atoms with van der Waals surface area (Å²) in [5, 5.41) is 11.7. The van der Waals surface area contributed by atoms with Crippen LogP contribution in [-0.4, -0.2) is 41.0 Å². The number of aromatic amines is 1. The molecule has 2 heterocycles. The van der Waals surface area contributed by atoms with Crippen LogP contribution in [0.1, 0.15) is 22.7 Å². The number of nitrogens with one attached hydrogen (secondary N) is 1. The molecule has 9 heteroatoms. The molecular weight excluding hydrogens is 482 g/mol. The highest BCUT2D eigenvalue weighted by atomic mass is 35.5. The van der Waals surface area contributed by atoms with E-state index in [0.717, 1.165) is 11.1 Å². The van der Waals surface area contributed by atoms with E-state index < -0.39 is 23.5 Å². The molecule has 1 unspecified atom stereocenters. The van der Waals surface area contributed by atoms with Gasteiger partial charge in [0.15, 0.2) is 0 Å². The number of carbonyl (C=O) groups is 2. The van der Waals surface area contributed by atoms with Crippen molar-refractivity contribution in [3.8, 4) is 11.5 Å². The van der Waals surface area contributed by atoms with Crippen LogP contribution in [-0.2, 0) is 9.59 Å². The van der Waals surface area contributed by atoms with Gasteiger partial charge in [-0.2, -0.15) is 0 Å². The minimum Gasteiger partial charge on any atom is -0.507 e. The smallest absolute Gasteiger partial charge is 0.302 e. The maximum atomic E-state index is 13.4. The number of carbonyl (C=O) groups excluding carboxylic acids is 2. The van der Waals surface area contributed by atoms with Crippen molar-refractivity contribution >= 4 is 46.0 Å². The lowest BCUT2D eigenvalue weighted by molar-refractivity contribution is -0.132. The molecule has 1 aliphatic rings. The average molecular weight is 504 g/mol. The Morgan fingerprint density at radius 2 is 1.75 bits per heavy atom. The average Bonchev–Trinajstić information content (AvgIpc) is 3.41. The van der Waals surface area contributed by atoms with Crippen molar-refractivity contribution in [2.45, 2.75) is 13.0 Å². The van der Waals surface area contributed by atoms with Gasteiger partial charge in [0.05, 0.1) is 47.5 Å². The van der Waals surface area contributed by atoms with Gasteiger partial charge in [-0.05, 0) is 36.2 Å². The molecule has 4 aromatic rings. The van der Waals surface area contributed by atoms with Crippen molar-refractivity contribution in [2.75, 3.05) is 19.1 Å². The number of benzene rings is 3. The lowest BCUT2D eigenvalue weighted by Gasteiger charge is -2.23. The van der Waals surface area contributed by atoms with Crippen LogP contribution in [0.2, 0.25) is 5.02 Å². The molecule has 5 rings (SSSR count). The van der Waals surface area contributed by atoms with E-state index in [-0.39, 0.29) is 27.9 Å². The van der Waals surface area contributed by atoms with Gasteiger partial charge >= 0.3 is 5.91 Å². The number of aromatic nitrogens is 2. The highest BCUT2D eigenvalue weighted by molar-refractivity contribution is 6.51. The number of amides is 1. The normalized spacial score (nSPS) is 17.1. The van der Waals surface area contributed by atoms with E-state index >= 15 is 0 Å². The number of halogens is 1. The molecule has 1 aromatic heterocycles. The van der Waals surface area contributed by atoms with Crippen LogP contribution in [0.15, 0.2) is 66.2 Å². The van der Waals surface area contributed by atoms with E-state index in [4.69, 9.17) is 21.1 Å². The van der Waals surface area contributed by atoms with Gasteiger partial charge in [-0.25, -0.2) is 4.98 Å². The number of Topliss-reactive ketones (excluding diaryl/α,β-unsaturated/α-hetero) is 1. The number of hydrogen-bond acceptors (Lipinski definition) is 6. The fourth-order valence-electron chi connectivity index (χ4n) is 4.42. The third kappa shape index (κ3) is 3.76. The number of hydrogen-bond donors (Lipinski definition) is 2. The molecule has 1 atom stereocenters. The number of anilines is 1. The second-order valence-electron chi connectivity index (χ2n) is 8.35. The molecule has 1 fully saturated rings. The number of H-pyrrole nitrogens is 1. The number of ether oxygens (including phenoxy) is 2. The largest absolute Gasteiger partial charge is 0.507 e. The monoisotopic (exact) mass is 503 g/mol. The first-order chi connectivity index (χ1) is 17.3. The number of methoxy groups -OCH3 is 2. The van der Waals surface area contributed by atoms with Crippen molar-refractivity contribution in [1.82, 2.24) is 9.97 Å². The molecule has 0 bridgehead atoms. The van der Waals surface area contributed by atoms with E-state index in [1.54, 1.807) is 24.3 Å². The molecule has 36 heavy (non-hydrogen) atoms. The van der Waals surface area contributed by atoms with E-state index in [1.165, 1.54) is 31.3 Å². The summed E-state index contributed by atoms with van der Waals surface area (Å²) in [4.78, 5) is 35.8. The van der Waals surface area contributed by atoms with Gasteiger partial charge in [0.1, 0.15) is 17.3 Å². The Kier molecular flexibility index (Phi) is 5.89. The Labute approximate surface area is 211 Å². The van der Waals surface area contributed by atoms with Crippen LogP contribution in [0, 0.1) is 6.92 Å². The van der Waals surface area contributed by atoms with Crippen molar-refractivity contribution in [2.24, 2.45) is 0 Å². The van der Waals surface area contributed by atoms with Crippen molar-refractivity contribution in [3.63, 3.8) is 0 Å². The minimum absolute atomic E-state index is 0.109. The molecule has 1 saturated heterocycles. The molecule has 182 valence electrons. The SMILES string of the molecule is COc1cc(OC)c(/C(O)=C2\C(=O)C(=O)N(c3nc4ccc(C)cc4[nH]3)C2c2ccccc2)cc1Cl. The van der Waals surface area contributed by atoms with Gasteiger partial charge in [0.25, 0.3) is 5.78 Å². The van der Waals surface area contributed by atoms with Crippen molar-refractivity contribution in [1.29, 1.82) is 0 Å². The summed E-state index contributed by atoms with van der Waals surface area (Å²) in [6.45, 7) is 1.95. The highest BCUT2D eigenvalue weighted by Crippen LogP contribution is 2.44. The predicted molar refractivity (Wildman–Crippen MR) is 137 cm³/mol. The Balaban J connectivity index is 1.75.